The number of hydrazine groups is 1. The van der Waals surface area contributed by atoms with Crippen molar-refractivity contribution in [1.82, 2.24) is 5.43 Å². The van der Waals surface area contributed by atoms with Crippen LogP contribution in [0.4, 0.5) is 0 Å². The molecule has 0 rings (SSSR count). The van der Waals surface area contributed by atoms with Crippen LogP contribution in [0.2, 0.25) is 0 Å². The van der Waals surface area contributed by atoms with Gasteiger partial charge in [0, 0.05) is 0 Å². The number of hydrogen-bond acceptors (Lipinski definition) is 4. The van der Waals surface area contributed by atoms with E-state index in [0.29, 0.717) is 12.1 Å². The van der Waals surface area contributed by atoms with Gasteiger partial charge in [-0.2, -0.15) is 0 Å². The maximum atomic E-state index is 10.7. The highest BCUT2D eigenvalue weighted by atomic mass is 16.4. The summed E-state index contributed by atoms with van der Waals surface area (Å²) in [7, 11) is 0. The summed E-state index contributed by atoms with van der Waals surface area (Å²) in [6.45, 7) is 2.03. The summed E-state index contributed by atoms with van der Waals surface area (Å²) in [5, 5.41) is 11.5. The Balaban J connectivity index is 3.76. The van der Waals surface area contributed by atoms with Crippen molar-refractivity contribution in [3.8, 4) is 0 Å². The Labute approximate surface area is 71.6 Å². The Bertz CT molecular complexity index is 168. The second-order valence-corrected chi connectivity index (χ2v) is 2.51. The van der Waals surface area contributed by atoms with Gasteiger partial charge in [-0.1, -0.05) is 18.5 Å². The molecule has 0 saturated heterocycles. The molecule has 0 radical (unpaired) electrons. The number of amides is 1. The van der Waals surface area contributed by atoms with Gasteiger partial charge in [0.05, 0.1) is 12.1 Å². The molecule has 0 heterocycles. The van der Waals surface area contributed by atoms with Crippen molar-refractivity contribution in [3.63, 3.8) is 0 Å². The third kappa shape index (κ3) is 4.68. The minimum atomic E-state index is -0.334. The molecule has 0 bridgehead atoms. The molecule has 0 fully saturated rings. The number of nitrogens with zero attached hydrogens (tertiary/aromatic N) is 1. The summed E-state index contributed by atoms with van der Waals surface area (Å²) in [6.07, 6.45) is 2.63. The van der Waals surface area contributed by atoms with Gasteiger partial charge in [0.1, 0.15) is 0 Å². The van der Waals surface area contributed by atoms with E-state index in [-0.39, 0.29) is 12.3 Å². The van der Waals surface area contributed by atoms with Crippen LogP contribution in [0.15, 0.2) is 5.16 Å². The zero-order valence-corrected chi connectivity index (χ0v) is 7.21. The van der Waals surface area contributed by atoms with Crippen LogP contribution in [0.5, 0.6) is 0 Å². The molecule has 0 spiro atoms. The van der Waals surface area contributed by atoms with Crippen LogP contribution in [-0.2, 0) is 4.79 Å². The lowest BCUT2D eigenvalue weighted by atomic mass is 10.1. The monoisotopic (exact) mass is 173 g/mol. The van der Waals surface area contributed by atoms with Crippen LogP contribution >= 0.6 is 0 Å². The lowest BCUT2D eigenvalue weighted by molar-refractivity contribution is -0.120. The molecule has 5 heteroatoms. The fourth-order valence-electron chi connectivity index (χ4n) is 0.791. The third-order valence-electron chi connectivity index (χ3n) is 1.49. The highest BCUT2D eigenvalue weighted by Crippen LogP contribution is 2.00. The lowest BCUT2D eigenvalue weighted by Gasteiger charge is -2.01. The Morgan fingerprint density at radius 3 is 2.75 bits per heavy atom. The average Bonchev–Trinajstić information content (AvgIpc) is 2.11. The molecular weight excluding hydrogens is 158 g/mol. The first-order chi connectivity index (χ1) is 5.74. The van der Waals surface area contributed by atoms with E-state index in [2.05, 4.69) is 5.16 Å². The van der Waals surface area contributed by atoms with E-state index in [1.54, 1.807) is 0 Å². The zero-order valence-electron chi connectivity index (χ0n) is 7.21. The van der Waals surface area contributed by atoms with E-state index in [1.165, 1.54) is 0 Å². The SMILES string of the molecule is CCCCC(CC(=O)NN)=NO. The number of oxime groups is 1. The van der Waals surface area contributed by atoms with Crippen molar-refractivity contribution in [2.75, 3.05) is 0 Å². The van der Waals surface area contributed by atoms with E-state index < -0.39 is 0 Å². The van der Waals surface area contributed by atoms with Crippen molar-refractivity contribution in [2.24, 2.45) is 11.0 Å². The number of carbonyl (C=O) groups is 1. The van der Waals surface area contributed by atoms with Crippen LogP contribution in [0.3, 0.4) is 0 Å². The number of nitrogens with one attached hydrogen (secondary N) is 1. The minimum Gasteiger partial charge on any atom is -0.411 e. The van der Waals surface area contributed by atoms with Crippen LogP contribution in [0, 0.1) is 0 Å². The first-order valence-electron chi connectivity index (χ1n) is 3.93. The molecule has 5 nitrogen and oxygen atoms in total. The predicted molar refractivity (Wildman–Crippen MR) is 45.7 cm³/mol. The van der Waals surface area contributed by atoms with Gasteiger partial charge in [-0.3, -0.25) is 10.2 Å². The van der Waals surface area contributed by atoms with Crippen molar-refractivity contribution in [3.05, 3.63) is 0 Å². The third-order valence-corrected chi connectivity index (χ3v) is 1.49. The van der Waals surface area contributed by atoms with Crippen LogP contribution in [0.25, 0.3) is 0 Å². The Kier molecular flexibility index (Phi) is 6.00. The first-order valence-corrected chi connectivity index (χ1v) is 3.93. The summed E-state index contributed by atoms with van der Waals surface area (Å²) in [5.41, 5.74) is 2.45. The number of hydrogen-bond donors (Lipinski definition) is 3. The molecular formula is C7H15N3O2. The standard InChI is InChI=1S/C7H15N3O2/c1-2-3-4-6(10-12)5-7(11)9-8/h12H,2-5,8H2,1H3,(H,9,11). The molecule has 0 aliphatic rings. The lowest BCUT2D eigenvalue weighted by Crippen LogP contribution is -2.31. The molecule has 0 atom stereocenters. The predicted octanol–water partition coefficient (Wildman–Crippen LogP) is 0.387. The van der Waals surface area contributed by atoms with E-state index in [1.807, 2.05) is 12.3 Å². The quantitative estimate of drug-likeness (QED) is 0.185. The highest BCUT2D eigenvalue weighted by Gasteiger charge is 2.05. The Morgan fingerprint density at radius 1 is 1.67 bits per heavy atom. The molecule has 12 heavy (non-hydrogen) atoms. The average molecular weight is 173 g/mol. The van der Waals surface area contributed by atoms with Crippen molar-refractivity contribution in [1.29, 1.82) is 0 Å². The number of nitrogens with two attached hydrogens (primary N) is 1. The second-order valence-electron chi connectivity index (χ2n) is 2.51. The van der Waals surface area contributed by atoms with Crippen molar-refractivity contribution < 1.29 is 10.0 Å². The summed E-state index contributed by atoms with van der Waals surface area (Å²) < 4.78 is 0. The van der Waals surface area contributed by atoms with Gasteiger partial charge in [0.15, 0.2) is 0 Å². The Morgan fingerprint density at radius 2 is 2.33 bits per heavy atom. The van der Waals surface area contributed by atoms with Crippen LogP contribution < -0.4 is 11.3 Å². The molecule has 0 aromatic rings. The topological polar surface area (TPSA) is 87.7 Å². The van der Waals surface area contributed by atoms with Gasteiger partial charge < -0.3 is 5.21 Å². The number of carbonyl (C=O) groups excluding carboxylic acids is 1. The molecule has 4 N–H and O–H groups in total. The molecule has 1 amide bonds. The van der Waals surface area contributed by atoms with E-state index in [9.17, 15) is 4.79 Å². The van der Waals surface area contributed by atoms with Crippen molar-refractivity contribution >= 4 is 11.6 Å². The van der Waals surface area contributed by atoms with Crippen LogP contribution in [0.1, 0.15) is 32.6 Å². The second kappa shape index (κ2) is 6.60. The van der Waals surface area contributed by atoms with Crippen molar-refractivity contribution in [2.45, 2.75) is 32.6 Å². The summed E-state index contributed by atoms with van der Waals surface area (Å²) >= 11 is 0. The minimum absolute atomic E-state index is 0.0764. The van der Waals surface area contributed by atoms with Crippen LogP contribution in [-0.4, -0.2) is 16.8 Å². The smallest absolute Gasteiger partial charge is 0.239 e. The van der Waals surface area contributed by atoms with Gasteiger partial charge in [0.25, 0.3) is 0 Å². The largest absolute Gasteiger partial charge is 0.411 e. The first kappa shape index (κ1) is 10.9. The summed E-state index contributed by atoms with van der Waals surface area (Å²) in [5.74, 6) is 4.53. The molecule has 0 aromatic carbocycles. The van der Waals surface area contributed by atoms with Gasteiger partial charge in [-0.05, 0) is 12.8 Å². The molecule has 0 aromatic heterocycles. The summed E-state index contributed by atoms with van der Waals surface area (Å²) in [4.78, 5) is 10.7. The number of unbranched alkanes of at least 4 members (excludes halogenated alkanes) is 1. The highest BCUT2D eigenvalue weighted by molar-refractivity contribution is 6.00. The normalized spacial score (nSPS) is 11.3. The van der Waals surface area contributed by atoms with E-state index in [4.69, 9.17) is 11.0 Å². The maximum absolute atomic E-state index is 10.7. The Hall–Kier alpha value is -1.10. The van der Waals surface area contributed by atoms with E-state index >= 15 is 0 Å². The van der Waals surface area contributed by atoms with Gasteiger partial charge >= 0.3 is 0 Å². The summed E-state index contributed by atoms with van der Waals surface area (Å²) in [6, 6.07) is 0. The molecule has 0 aliphatic heterocycles. The molecule has 0 unspecified atom stereocenters. The van der Waals surface area contributed by atoms with Gasteiger partial charge in [-0.15, -0.1) is 0 Å². The molecule has 70 valence electrons. The number of rotatable bonds is 5. The van der Waals surface area contributed by atoms with Gasteiger partial charge in [-0.25, -0.2) is 5.84 Å². The maximum Gasteiger partial charge on any atom is 0.239 e. The fourth-order valence-corrected chi connectivity index (χ4v) is 0.791. The molecule has 0 saturated carbocycles. The van der Waals surface area contributed by atoms with E-state index in [0.717, 1.165) is 12.8 Å². The fraction of sp³-hybridized carbons (Fsp3) is 0.714. The zero-order chi connectivity index (χ0) is 9.40. The van der Waals surface area contributed by atoms with Gasteiger partial charge in [0.2, 0.25) is 5.91 Å². The molecule has 0 aliphatic carbocycles.